The molecule has 0 aromatic carbocycles. The molecule has 3 fully saturated rings. The summed E-state index contributed by atoms with van der Waals surface area (Å²) in [5.41, 5.74) is 4.23. The zero-order valence-electron chi connectivity index (χ0n) is 14.6. The summed E-state index contributed by atoms with van der Waals surface area (Å²) >= 11 is 0. The second kappa shape index (κ2) is 4.97. The van der Waals surface area contributed by atoms with E-state index in [4.69, 9.17) is 0 Å². The van der Waals surface area contributed by atoms with Crippen LogP contribution in [0.15, 0.2) is 23.3 Å². The van der Waals surface area contributed by atoms with Crippen LogP contribution in [0.25, 0.3) is 0 Å². The van der Waals surface area contributed by atoms with Crippen molar-refractivity contribution in [2.75, 3.05) is 0 Å². The second-order valence-electron chi connectivity index (χ2n) is 8.96. The lowest BCUT2D eigenvalue weighted by Crippen LogP contribution is -2.49. The normalized spacial score (nSPS) is 52.7. The lowest BCUT2D eigenvalue weighted by molar-refractivity contribution is -0.0268. The Bertz CT molecular complexity index is 530. The lowest BCUT2D eigenvalue weighted by Gasteiger charge is -2.57. The lowest BCUT2D eigenvalue weighted by atomic mass is 9.48. The Balaban J connectivity index is 1.69. The standard InChI is InChI=1S/C21H32O/c1-4-14-6-8-18-17-7-5-15-13-16(22)9-11-21(15,3)19(17)10-12-20(14,18)2/h4-5,16-19,22H,6-13H2,1-3H3/b14-4-/t16-,17?,18-,19-,20+,21?/m0/s1. The summed E-state index contributed by atoms with van der Waals surface area (Å²) in [6.07, 6.45) is 14.9. The van der Waals surface area contributed by atoms with E-state index in [-0.39, 0.29) is 6.10 Å². The first-order valence-corrected chi connectivity index (χ1v) is 9.52. The van der Waals surface area contributed by atoms with E-state index in [1.807, 2.05) is 0 Å². The summed E-state index contributed by atoms with van der Waals surface area (Å²) in [5, 5.41) is 10.1. The van der Waals surface area contributed by atoms with Crippen molar-refractivity contribution in [3.05, 3.63) is 23.3 Å². The molecule has 1 heteroatoms. The SMILES string of the molecule is C/C=C1/CC[C@H]2C3CC=C4C[C@@H](O)CCC4(C)[C@H]3CC[C@]12C. The minimum atomic E-state index is -0.0779. The van der Waals surface area contributed by atoms with Gasteiger partial charge < -0.3 is 5.11 Å². The van der Waals surface area contributed by atoms with Crippen LogP contribution in [0.2, 0.25) is 0 Å². The van der Waals surface area contributed by atoms with Gasteiger partial charge in [-0.2, -0.15) is 0 Å². The molecule has 0 aromatic rings. The first kappa shape index (κ1) is 15.0. The van der Waals surface area contributed by atoms with Crippen molar-refractivity contribution < 1.29 is 5.11 Å². The molecule has 22 heavy (non-hydrogen) atoms. The van der Waals surface area contributed by atoms with Gasteiger partial charge in [0.25, 0.3) is 0 Å². The van der Waals surface area contributed by atoms with Crippen LogP contribution in [0.3, 0.4) is 0 Å². The Morgan fingerprint density at radius 3 is 2.59 bits per heavy atom. The predicted molar refractivity (Wildman–Crippen MR) is 91.5 cm³/mol. The van der Waals surface area contributed by atoms with Gasteiger partial charge in [-0.05, 0) is 86.9 Å². The van der Waals surface area contributed by atoms with E-state index in [2.05, 4.69) is 32.9 Å². The Kier molecular flexibility index (Phi) is 3.39. The number of allylic oxidation sites excluding steroid dienone is 3. The molecule has 2 unspecified atom stereocenters. The third-order valence-electron chi connectivity index (χ3n) is 8.27. The first-order valence-electron chi connectivity index (χ1n) is 9.52. The zero-order chi connectivity index (χ0) is 15.5. The highest BCUT2D eigenvalue weighted by atomic mass is 16.3. The molecule has 1 N–H and O–H groups in total. The molecule has 4 rings (SSSR count). The van der Waals surface area contributed by atoms with Gasteiger partial charge in [0.15, 0.2) is 0 Å². The largest absolute Gasteiger partial charge is 0.393 e. The Morgan fingerprint density at radius 2 is 1.82 bits per heavy atom. The molecule has 3 saturated carbocycles. The quantitative estimate of drug-likeness (QED) is 0.605. The Labute approximate surface area is 135 Å². The molecule has 4 aliphatic carbocycles. The molecule has 0 aromatic heterocycles. The minimum Gasteiger partial charge on any atom is -0.393 e. The summed E-state index contributed by atoms with van der Waals surface area (Å²) in [6.45, 7) is 7.33. The van der Waals surface area contributed by atoms with Crippen molar-refractivity contribution >= 4 is 0 Å². The fourth-order valence-corrected chi connectivity index (χ4v) is 6.96. The monoisotopic (exact) mass is 300 g/mol. The van der Waals surface area contributed by atoms with Crippen LogP contribution in [0.5, 0.6) is 0 Å². The van der Waals surface area contributed by atoms with E-state index in [0.717, 1.165) is 30.6 Å². The number of hydrogen-bond acceptors (Lipinski definition) is 1. The molecular formula is C21H32O. The van der Waals surface area contributed by atoms with Crippen molar-refractivity contribution in [3.63, 3.8) is 0 Å². The molecule has 0 bridgehead atoms. The van der Waals surface area contributed by atoms with Crippen LogP contribution in [-0.4, -0.2) is 11.2 Å². The van der Waals surface area contributed by atoms with Gasteiger partial charge in [0.1, 0.15) is 0 Å². The van der Waals surface area contributed by atoms with Gasteiger partial charge in [0, 0.05) is 0 Å². The van der Waals surface area contributed by atoms with E-state index < -0.39 is 0 Å². The maximum Gasteiger partial charge on any atom is 0.0577 e. The van der Waals surface area contributed by atoms with Crippen LogP contribution in [0.4, 0.5) is 0 Å². The minimum absolute atomic E-state index is 0.0779. The van der Waals surface area contributed by atoms with Crippen molar-refractivity contribution in [3.8, 4) is 0 Å². The van der Waals surface area contributed by atoms with E-state index in [9.17, 15) is 5.11 Å². The third-order valence-corrected chi connectivity index (χ3v) is 8.27. The molecule has 0 radical (unpaired) electrons. The summed E-state index contributed by atoms with van der Waals surface area (Å²) in [4.78, 5) is 0. The molecule has 0 spiro atoms. The van der Waals surface area contributed by atoms with E-state index in [1.165, 1.54) is 38.5 Å². The van der Waals surface area contributed by atoms with Crippen molar-refractivity contribution in [2.45, 2.75) is 78.2 Å². The number of rotatable bonds is 0. The van der Waals surface area contributed by atoms with E-state index in [0.29, 0.717) is 10.8 Å². The first-order chi connectivity index (χ1) is 10.5. The number of aliphatic hydroxyl groups excluding tert-OH is 1. The molecular weight excluding hydrogens is 268 g/mol. The molecule has 0 saturated heterocycles. The Morgan fingerprint density at radius 1 is 1.09 bits per heavy atom. The topological polar surface area (TPSA) is 20.2 Å². The van der Waals surface area contributed by atoms with Gasteiger partial charge in [-0.3, -0.25) is 0 Å². The molecule has 0 aliphatic heterocycles. The molecule has 1 nitrogen and oxygen atoms in total. The zero-order valence-corrected chi connectivity index (χ0v) is 14.6. The highest BCUT2D eigenvalue weighted by Crippen LogP contribution is 2.66. The smallest absolute Gasteiger partial charge is 0.0577 e. The number of fused-ring (bicyclic) bond motifs is 5. The van der Waals surface area contributed by atoms with Crippen molar-refractivity contribution in [1.82, 2.24) is 0 Å². The van der Waals surface area contributed by atoms with E-state index >= 15 is 0 Å². The van der Waals surface area contributed by atoms with Gasteiger partial charge in [0.2, 0.25) is 0 Å². The number of aliphatic hydroxyl groups is 1. The van der Waals surface area contributed by atoms with Crippen LogP contribution < -0.4 is 0 Å². The average Bonchev–Trinajstić information content (AvgIpc) is 2.84. The summed E-state index contributed by atoms with van der Waals surface area (Å²) < 4.78 is 0. The van der Waals surface area contributed by atoms with Crippen molar-refractivity contribution in [1.29, 1.82) is 0 Å². The van der Waals surface area contributed by atoms with Gasteiger partial charge in [-0.25, -0.2) is 0 Å². The average molecular weight is 300 g/mol. The van der Waals surface area contributed by atoms with Crippen LogP contribution in [-0.2, 0) is 0 Å². The Hall–Kier alpha value is -0.560. The van der Waals surface area contributed by atoms with Gasteiger partial charge in [-0.1, -0.05) is 37.1 Å². The fourth-order valence-electron chi connectivity index (χ4n) is 6.96. The highest BCUT2D eigenvalue weighted by molar-refractivity contribution is 5.29. The summed E-state index contributed by atoms with van der Waals surface area (Å²) in [7, 11) is 0. The molecule has 0 heterocycles. The molecule has 4 aliphatic rings. The van der Waals surface area contributed by atoms with Gasteiger partial charge in [-0.15, -0.1) is 0 Å². The van der Waals surface area contributed by atoms with Crippen LogP contribution >= 0.6 is 0 Å². The molecule has 6 atom stereocenters. The van der Waals surface area contributed by atoms with E-state index in [1.54, 1.807) is 11.1 Å². The number of hydrogen-bond donors (Lipinski definition) is 1. The second-order valence-corrected chi connectivity index (χ2v) is 8.96. The third kappa shape index (κ3) is 1.87. The molecule has 0 amide bonds. The fraction of sp³-hybridized carbons (Fsp3) is 0.810. The molecule has 122 valence electrons. The van der Waals surface area contributed by atoms with Crippen molar-refractivity contribution in [2.24, 2.45) is 28.6 Å². The maximum atomic E-state index is 10.1. The van der Waals surface area contributed by atoms with Crippen LogP contribution in [0.1, 0.15) is 72.1 Å². The van der Waals surface area contributed by atoms with Gasteiger partial charge in [0.05, 0.1) is 6.10 Å². The van der Waals surface area contributed by atoms with Gasteiger partial charge >= 0.3 is 0 Å². The maximum absolute atomic E-state index is 10.1. The predicted octanol–water partition coefficient (Wildman–Crippen LogP) is 5.26. The van der Waals surface area contributed by atoms with Crippen LogP contribution in [0, 0.1) is 28.6 Å². The highest BCUT2D eigenvalue weighted by Gasteiger charge is 2.56. The summed E-state index contributed by atoms with van der Waals surface area (Å²) in [6, 6.07) is 0. The summed E-state index contributed by atoms with van der Waals surface area (Å²) in [5.74, 6) is 2.66.